The molecule has 6 heteroatoms. The van der Waals surface area contributed by atoms with E-state index in [0.717, 1.165) is 43.2 Å². The number of rotatable bonds is 7. The fraction of sp³-hybridized carbons (Fsp3) is 0.739. The van der Waals surface area contributed by atoms with Crippen LogP contribution in [-0.4, -0.2) is 46.6 Å². The molecule has 0 aromatic carbocycles. The van der Waals surface area contributed by atoms with Crippen molar-refractivity contribution in [2.45, 2.75) is 65.9 Å². The van der Waals surface area contributed by atoms with Crippen molar-refractivity contribution in [2.24, 2.45) is 23.2 Å². The zero-order valence-corrected chi connectivity index (χ0v) is 19.4. The maximum atomic E-state index is 13.0. The summed E-state index contributed by atoms with van der Waals surface area (Å²) < 4.78 is 0. The number of aliphatic hydroxyl groups is 1. The molecule has 1 aromatic heterocycles. The van der Waals surface area contributed by atoms with Gasteiger partial charge in [-0.05, 0) is 50.4 Å². The molecule has 0 saturated heterocycles. The second-order valence-electron chi connectivity index (χ2n) is 9.13. The maximum Gasteiger partial charge on any atom is 0.225 e. The predicted molar refractivity (Wildman–Crippen MR) is 120 cm³/mol. The SMILES string of the molecule is C=CCNc1nc2c(s1)C[C@]1(C)CC[C@H]([C@H](C)C(=O)N(CC)CC)[C@H](O)[C@H]1[C@@H]2C. The van der Waals surface area contributed by atoms with E-state index in [-0.39, 0.29) is 35.0 Å². The minimum Gasteiger partial charge on any atom is -0.392 e. The third-order valence-electron chi connectivity index (χ3n) is 7.43. The van der Waals surface area contributed by atoms with Gasteiger partial charge in [-0.3, -0.25) is 4.79 Å². The second kappa shape index (κ2) is 8.76. The van der Waals surface area contributed by atoms with Crippen molar-refractivity contribution in [2.75, 3.05) is 25.0 Å². The lowest BCUT2D eigenvalue weighted by atomic mass is 9.53. The Morgan fingerprint density at radius 2 is 2.17 bits per heavy atom. The largest absolute Gasteiger partial charge is 0.392 e. The van der Waals surface area contributed by atoms with Gasteiger partial charge in [0.2, 0.25) is 5.91 Å². The molecule has 5 nitrogen and oxygen atoms in total. The number of nitrogens with one attached hydrogen (secondary N) is 1. The molecular formula is C23H37N3O2S. The van der Waals surface area contributed by atoms with Gasteiger partial charge < -0.3 is 15.3 Å². The Morgan fingerprint density at radius 3 is 2.79 bits per heavy atom. The summed E-state index contributed by atoms with van der Waals surface area (Å²) in [5.41, 5.74) is 1.19. The maximum absolute atomic E-state index is 13.0. The van der Waals surface area contributed by atoms with Crippen molar-refractivity contribution in [3.05, 3.63) is 23.2 Å². The number of carbonyl (C=O) groups is 1. The monoisotopic (exact) mass is 419 g/mol. The van der Waals surface area contributed by atoms with Crippen molar-refractivity contribution in [3.8, 4) is 0 Å². The highest BCUT2D eigenvalue weighted by Crippen LogP contribution is 2.57. The summed E-state index contributed by atoms with van der Waals surface area (Å²) in [6.07, 6.45) is 4.29. The van der Waals surface area contributed by atoms with Gasteiger partial charge in [0.15, 0.2) is 5.13 Å². The van der Waals surface area contributed by atoms with Gasteiger partial charge in [-0.15, -0.1) is 17.9 Å². The zero-order valence-electron chi connectivity index (χ0n) is 18.6. The third kappa shape index (κ3) is 3.98. The van der Waals surface area contributed by atoms with Gasteiger partial charge in [0, 0.05) is 36.3 Å². The molecule has 1 fully saturated rings. The molecule has 1 saturated carbocycles. The summed E-state index contributed by atoms with van der Waals surface area (Å²) in [5, 5.41) is 15.8. The lowest BCUT2D eigenvalue weighted by Gasteiger charge is -2.53. The molecular weight excluding hydrogens is 382 g/mol. The molecule has 29 heavy (non-hydrogen) atoms. The van der Waals surface area contributed by atoms with Crippen LogP contribution in [0, 0.1) is 23.2 Å². The number of thiazole rings is 1. The van der Waals surface area contributed by atoms with Gasteiger partial charge in [0.25, 0.3) is 0 Å². The molecule has 162 valence electrons. The van der Waals surface area contributed by atoms with E-state index in [1.54, 1.807) is 11.3 Å². The molecule has 0 unspecified atom stereocenters. The Hall–Kier alpha value is -1.40. The van der Waals surface area contributed by atoms with E-state index in [9.17, 15) is 9.90 Å². The standard InChI is InChI=1S/C23H37N3O2S/c1-7-12-24-22-25-19-15(5)18-20(27)16(14(4)21(28)26(8-2)9-3)10-11-23(18,6)13-17(19)29-22/h7,14-16,18,20,27H,1,8-13H2,2-6H3,(H,24,25)/t14-,15-,16+,18+,20-,23-/m0/s1. The van der Waals surface area contributed by atoms with Crippen LogP contribution < -0.4 is 5.32 Å². The van der Waals surface area contributed by atoms with Gasteiger partial charge in [0.05, 0.1) is 11.8 Å². The van der Waals surface area contributed by atoms with E-state index in [2.05, 4.69) is 25.7 Å². The van der Waals surface area contributed by atoms with Crippen LogP contribution in [0.25, 0.3) is 0 Å². The second-order valence-corrected chi connectivity index (χ2v) is 10.2. The van der Waals surface area contributed by atoms with E-state index in [1.165, 1.54) is 4.88 Å². The number of anilines is 1. The number of hydrogen-bond acceptors (Lipinski definition) is 5. The Morgan fingerprint density at radius 1 is 1.48 bits per heavy atom. The summed E-state index contributed by atoms with van der Waals surface area (Å²) in [7, 11) is 0. The first-order chi connectivity index (χ1) is 13.8. The van der Waals surface area contributed by atoms with Gasteiger partial charge in [-0.1, -0.05) is 26.8 Å². The number of aliphatic hydroxyl groups excluding tert-OH is 1. The van der Waals surface area contributed by atoms with E-state index in [4.69, 9.17) is 4.98 Å². The minimum atomic E-state index is -0.474. The van der Waals surface area contributed by atoms with Crippen molar-refractivity contribution >= 4 is 22.4 Å². The van der Waals surface area contributed by atoms with Gasteiger partial charge in [-0.25, -0.2) is 4.98 Å². The number of fused-ring (bicyclic) bond motifs is 2. The van der Waals surface area contributed by atoms with E-state index < -0.39 is 6.10 Å². The van der Waals surface area contributed by atoms with Crippen LogP contribution in [-0.2, 0) is 11.2 Å². The Bertz CT molecular complexity index is 744. The highest BCUT2D eigenvalue weighted by molar-refractivity contribution is 7.15. The van der Waals surface area contributed by atoms with Crippen molar-refractivity contribution in [3.63, 3.8) is 0 Å². The summed E-state index contributed by atoms with van der Waals surface area (Å²) in [5.74, 6) is 0.365. The average Bonchev–Trinajstić information content (AvgIpc) is 3.09. The van der Waals surface area contributed by atoms with E-state index in [0.29, 0.717) is 6.54 Å². The van der Waals surface area contributed by atoms with Crippen LogP contribution in [0.4, 0.5) is 5.13 Å². The normalized spacial score (nSPS) is 32.1. The van der Waals surface area contributed by atoms with Crippen LogP contribution >= 0.6 is 11.3 Å². The fourth-order valence-electron chi connectivity index (χ4n) is 5.79. The lowest BCUT2D eigenvalue weighted by molar-refractivity contribution is -0.144. The Labute approximate surface area is 179 Å². The summed E-state index contributed by atoms with van der Waals surface area (Å²) in [6, 6.07) is 0. The number of hydrogen-bond donors (Lipinski definition) is 2. The Balaban J connectivity index is 1.84. The van der Waals surface area contributed by atoms with Crippen LogP contribution in [0.5, 0.6) is 0 Å². The first-order valence-corrected chi connectivity index (χ1v) is 11.9. The summed E-state index contributed by atoms with van der Waals surface area (Å²) >= 11 is 1.74. The van der Waals surface area contributed by atoms with E-state index in [1.807, 2.05) is 31.7 Å². The molecule has 1 aromatic rings. The molecule has 0 aliphatic heterocycles. The molecule has 1 heterocycles. The molecule has 2 aliphatic rings. The lowest BCUT2D eigenvalue weighted by Crippen LogP contribution is -2.53. The van der Waals surface area contributed by atoms with Gasteiger partial charge in [0.1, 0.15) is 0 Å². The van der Waals surface area contributed by atoms with Crippen molar-refractivity contribution in [1.29, 1.82) is 0 Å². The number of nitrogens with zero attached hydrogens (tertiary/aromatic N) is 2. The minimum absolute atomic E-state index is 0.0159. The number of aromatic nitrogens is 1. The highest BCUT2D eigenvalue weighted by atomic mass is 32.1. The molecule has 1 amide bonds. The molecule has 2 aliphatic carbocycles. The summed E-state index contributed by atoms with van der Waals surface area (Å²) in [4.78, 5) is 21.1. The topological polar surface area (TPSA) is 65.5 Å². The van der Waals surface area contributed by atoms with Crippen LogP contribution in [0.15, 0.2) is 12.7 Å². The first kappa shape index (κ1) is 22.3. The fourth-order valence-corrected chi connectivity index (χ4v) is 7.06. The van der Waals surface area contributed by atoms with Crippen LogP contribution in [0.1, 0.15) is 63.9 Å². The molecule has 6 atom stereocenters. The number of amides is 1. The predicted octanol–water partition coefficient (Wildman–Crippen LogP) is 4.30. The van der Waals surface area contributed by atoms with Crippen molar-refractivity contribution in [1.82, 2.24) is 9.88 Å². The first-order valence-electron chi connectivity index (χ1n) is 11.1. The smallest absolute Gasteiger partial charge is 0.225 e. The highest BCUT2D eigenvalue weighted by Gasteiger charge is 2.54. The van der Waals surface area contributed by atoms with E-state index >= 15 is 0 Å². The quantitative estimate of drug-likeness (QED) is 0.647. The zero-order chi connectivity index (χ0) is 21.3. The molecule has 0 bridgehead atoms. The average molecular weight is 420 g/mol. The molecule has 3 rings (SSSR count). The van der Waals surface area contributed by atoms with Gasteiger partial charge >= 0.3 is 0 Å². The molecule has 0 radical (unpaired) electrons. The third-order valence-corrected chi connectivity index (χ3v) is 8.46. The van der Waals surface area contributed by atoms with Crippen molar-refractivity contribution < 1.29 is 9.90 Å². The van der Waals surface area contributed by atoms with Gasteiger partial charge in [-0.2, -0.15) is 0 Å². The molecule has 0 spiro atoms. The van der Waals surface area contributed by atoms with Crippen LogP contribution in [0.2, 0.25) is 0 Å². The molecule has 2 N–H and O–H groups in total. The summed E-state index contributed by atoms with van der Waals surface area (Å²) in [6.45, 7) is 16.5. The number of carbonyl (C=O) groups excluding carboxylic acids is 1. The Kier molecular flexibility index (Phi) is 6.74. The van der Waals surface area contributed by atoms with Crippen LogP contribution in [0.3, 0.4) is 0 Å².